The molecule has 0 fully saturated rings. The Morgan fingerprint density at radius 3 is 2.23 bits per heavy atom. The number of carbonyl (C=O) groups is 1. The fraction of sp³-hybridized carbons (Fsp3) is 0.292. The van der Waals surface area contributed by atoms with Crippen molar-refractivity contribution in [2.75, 3.05) is 0 Å². The van der Waals surface area contributed by atoms with Crippen LogP contribution < -0.4 is 0 Å². The highest BCUT2D eigenvalue weighted by molar-refractivity contribution is 5.89. The van der Waals surface area contributed by atoms with E-state index >= 15 is 0 Å². The van der Waals surface area contributed by atoms with E-state index in [1.54, 1.807) is 24.3 Å². The molecule has 0 N–H and O–H groups in total. The molecule has 0 radical (unpaired) electrons. The zero-order valence-electron chi connectivity index (χ0n) is 15.2. The largest absolute Gasteiger partial charge is 0.438 e. The van der Waals surface area contributed by atoms with Gasteiger partial charge in [0.25, 0.3) is 0 Å². The van der Waals surface area contributed by atoms with Crippen molar-refractivity contribution < 1.29 is 9.53 Å². The summed E-state index contributed by atoms with van der Waals surface area (Å²) in [5.41, 5.74) is 0.160. The first-order chi connectivity index (χ1) is 12.7. The molecule has 0 aliphatic rings. The Balaban J connectivity index is 2.22. The van der Waals surface area contributed by atoms with E-state index in [0.29, 0.717) is 18.4 Å². The maximum Gasteiger partial charge on any atom is 0.339 e. The summed E-state index contributed by atoms with van der Waals surface area (Å²) in [6.45, 7) is 2.14. The average molecular weight is 344 g/mol. The molecule has 0 aromatic heterocycles. The maximum atomic E-state index is 12.6. The first-order valence-electron chi connectivity index (χ1n) is 8.99. The molecule has 2 rings (SSSR count). The highest BCUT2D eigenvalue weighted by atomic mass is 16.6. The Morgan fingerprint density at radius 1 is 1.00 bits per heavy atom. The van der Waals surface area contributed by atoms with E-state index in [2.05, 4.69) is 24.7 Å². The summed E-state index contributed by atoms with van der Waals surface area (Å²) >= 11 is 0. The highest BCUT2D eigenvalue weighted by Gasteiger charge is 2.34. The SMILES string of the molecule is C#CC(CCC#CCCCC)(OC(=O)c1ccccc1)c1ccccc1. The predicted molar refractivity (Wildman–Crippen MR) is 105 cm³/mol. The quantitative estimate of drug-likeness (QED) is 0.385. The van der Waals surface area contributed by atoms with Gasteiger partial charge in [-0.3, -0.25) is 0 Å². The standard InChI is InChI=1S/C24H24O2/c1-3-5-6-7-8-15-20-24(4-2,22-18-13-10-14-19-22)26-23(25)21-16-11-9-12-17-21/h2,9-14,16-19H,3,5-6,15,20H2,1H3. The van der Waals surface area contributed by atoms with Gasteiger partial charge >= 0.3 is 5.97 Å². The van der Waals surface area contributed by atoms with Crippen LogP contribution in [0.1, 0.15) is 54.9 Å². The molecule has 132 valence electrons. The topological polar surface area (TPSA) is 26.3 Å². The smallest absolute Gasteiger partial charge is 0.339 e. The van der Waals surface area contributed by atoms with Crippen LogP contribution in [-0.2, 0) is 10.3 Å². The molecule has 2 nitrogen and oxygen atoms in total. The van der Waals surface area contributed by atoms with Gasteiger partial charge in [-0.05, 0) is 18.6 Å². The van der Waals surface area contributed by atoms with Gasteiger partial charge in [0.1, 0.15) is 0 Å². The Labute approximate surface area is 156 Å². The van der Waals surface area contributed by atoms with Crippen LogP contribution in [0.2, 0.25) is 0 Å². The molecule has 2 heteroatoms. The van der Waals surface area contributed by atoms with Crippen LogP contribution >= 0.6 is 0 Å². The predicted octanol–water partition coefficient (Wildman–Crippen LogP) is 5.35. The van der Waals surface area contributed by atoms with Gasteiger partial charge in [-0.25, -0.2) is 4.79 Å². The summed E-state index contributed by atoms with van der Waals surface area (Å²) in [5, 5.41) is 0. The van der Waals surface area contributed by atoms with Crippen LogP contribution in [0.3, 0.4) is 0 Å². The van der Waals surface area contributed by atoms with E-state index < -0.39 is 11.6 Å². The second kappa shape index (κ2) is 10.1. The van der Waals surface area contributed by atoms with Crippen molar-refractivity contribution in [2.45, 2.75) is 44.6 Å². The van der Waals surface area contributed by atoms with Crippen molar-refractivity contribution in [3.63, 3.8) is 0 Å². The van der Waals surface area contributed by atoms with Crippen LogP contribution in [0.15, 0.2) is 60.7 Å². The van der Waals surface area contributed by atoms with Crippen LogP contribution in [-0.4, -0.2) is 5.97 Å². The molecule has 0 aliphatic carbocycles. The van der Waals surface area contributed by atoms with Crippen molar-refractivity contribution in [1.82, 2.24) is 0 Å². The molecule has 0 amide bonds. The molecule has 1 unspecified atom stereocenters. The summed E-state index contributed by atoms with van der Waals surface area (Å²) in [7, 11) is 0. The lowest BCUT2D eigenvalue weighted by molar-refractivity contribution is 0.00309. The normalized spacial score (nSPS) is 12.2. The van der Waals surface area contributed by atoms with Crippen LogP contribution in [0.5, 0.6) is 0 Å². The van der Waals surface area contributed by atoms with Gasteiger partial charge in [0, 0.05) is 24.8 Å². The number of ether oxygens (including phenoxy) is 1. The second-order valence-electron chi connectivity index (χ2n) is 6.05. The lowest BCUT2D eigenvalue weighted by Gasteiger charge is -2.28. The minimum atomic E-state index is -1.12. The molecule has 0 saturated heterocycles. The third-order valence-electron chi connectivity index (χ3n) is 4.13. The first-order valence-corrected chi connectivity index (χ1v) is 8.99. The molecule has 0 saturated carbocycles. The summed E-state index contributed by atoms with van der Waals surface area (Å²) in [6.07, 6.45) is 9.99. The van der Waals surface area contributed by atoms with Crippen molar-refractivity contribution in [1.29, 1.82) is 0 Å². The first kappa shape index (κ1) is 19.4. The minimum absolute atomic E-state index is 0.425. The number of benzene rings is 2. The van der Waals surface area contributed by atoms with Crippen molar-refractivity contribution in [2.24, 2.45) is 0 Å². The minimum Gasteiger partial charge on any atom is -0.438 e. The molecule has 0 heterocycles. The second-order valence-corrected chi connectivity index (χ2v) is 6.05. The fourth-order valence-electron chi connectivity index (χ4n) is 2.62. The zero-order chi connectivity index (χ0) is 18.7. The van der Waals surface area contributed by atoms with Gasteiger partial charge in [-0.1, -0.05) is 67.8 Å². The van der Waals surface area contributed by atoms with E-state index in [4.69, 9.17) is 11.2 Å². The zero-order valence-corrected chi connectivity index (χ0v) is 15.2. The summed E-state index contributed by atoms with van der Waals surface area (Å²) in [5.74, 6) is 8.62. The van der Waals surface area contributed by atoms with Gasteiger partial charge in [0.2, 0.25) is 0 Å². The number of terminal acetylenes is 1. The molecule has 0 aliphatic heterocycles. The van der Waals surface area contributed by atoms with Crippen molar-refractivity contribution in [3.05, 3.63) is 71.8 Å². The number of hydrogen-bond acceptors (Lipinski definition) is 2. The van der Waals surface area contributed by atoms with Crippen LogP contribution in [0.4, 0.5) is 0 Å². The van der Waals surface area contributed by atoms with Gasteiger partial charge in [-0.2, -0.15) is 0 Å². The third-order valence-corrected chi connectivity index (χ3v) is 4.13. The third kappa shape index (κ3) is 5.27. The van der Waals surface area contributed by atoms with E-state index in [1.807, 2.05) is 36.4 Å². The maximum absolute atomic E-state index is 12.6. The molecule has 26 heavy (non-hydrogen) atoms. The molecular formula is C24H24O2. The van der Waals surface area contributed by atoms with Crippen molar-refractivity contribution >= 4 is 5.97 Å². The lowest BCUT2D eigenvalue weighted by Crippen LogP contribution is -2.31. The lowest BCUT2D eigenvalue weighted by atomic mass is 9.89. The summed E-state index contributed by atoms with van der Waals surface area (Å²) < 4.78 is 5.84. The molecule has 0 bridgehead atoms. The van der Waals surface area contributed by atoms with Crippen molar-refractivity contribution in [3.8, 4) is 24.2 Å². The van der Waals surface area contributed by atoms with Gasteiger partial charge in [-0.15, -0.1) is 18.3 Å². The van der Waals surface area contributed by atoms with Crippen LogP contribution in [0, 0.1) is 24.2 Å². The summed E-state index contributed by atoms with van der Waals surface area (Å²) in [6, 6.07) is 18.4. The highest BCUT2D eigenvalue weighted by Crippen LogP contribution is 2.31. The van der Waals surface area contributed by atoms with E-state index in [1.165, 1.54) is 0 Å². The van der Waals surface area contributed by atoms with Gasteiger partial charge < -0.3 is 4.74 Å². The summed E-state index contributed by atoms with van der Waals surface area (Å²) in [4.78, 5) is 12.6. The number of hydrogen-bond donors (Lipinski definition) is 0. The van der Waals surface area contributed by atoms with Gasteiger partial charge in [0.05, 0.1) is 5.56 Å². The Hall–Kier alpha value is -2.97. The molecule has 2 aromatic rings. The fourth-order valence-corrected chi connectivity index (χ4v) is 2.62. The number of esters is 1. The molecule has 1 atom stereocenters. The number of unbranched alkanes of at least 4 members (excludes halogenated alkanes) is 2. The number of rotatable bonds is 7. The Morgan fingerprint density at radius 2 is 1.62 bits per heavy atom. The molecular weight excluding hydrogens is 320 g/mol. The van der Waals surface area contributed by atoms with E-state index in [-0.39, 0.29) is 0 Å². The van der Waals surface area contributed by atoms with Gasteiger partial charge in [0.15, 0.2) is 5.60 Å². The Bertz CT molecular complexity index is 791. The number of carbonyl (C=O) groups excluding carboxylic acids is 1. The molecule has 0 spiro atoms. The average Bonchev–Trinajstić information content (AvgIpc) is 2.71. The van der Waals surface area contributed by atoms with E-state index in [9.17, 15) is 4.79 Å². The monoisotopic (exact) mass is 344 g/mol. The van der Waals surface area contributed by atoms with E-state index in [0.717, 1.165) is 24.8 Å². The van der Waals surface area contributed by atoms with Crippen LogP contribution in [0.25, 0.3) is 0 Å². The molecule has 2 aromatic carbocycles. The Kier molecular flexibility index (Phi) is 7.53.